The molecule has 0 aliphatic carbocycles. The summed E-state index contributed by atoms with van der Waals surface area (Å²) in [5.74, 6) is -0.767. The second-order valence-electron chi connectivity index (χ2n) is 5.22. The first kappa shape index (κ1) is 20.9. The SMILES string of the molecule is O=C(CCCCCNC(O)/C=C/c1cccc(OC(F)(F)F)c1)NO. The molecule has 140 valence electrons. The van der Waals surface area contributed by atoms with Crippen molar-refractivity contribution in [3.8, 4) is 5.75 Å². The molecule has 4 N–H and O–H groups in total. The van der Waals surface area contributed by atoms with Crippen LogP contribution in [-0.4, -0.2) is 35.4 Å². The molecule has 0 spiro atoms. The minimum Gasteiger partial charge on any atom is -0.406 e. The van der Waals surface area contributed by atoms with Gasteiger partial charge < -0.3 is 9.84 Å². The van der Waals surface area contributed by atoms with Gasteiger partial charge in [-0.2, -0.15) is 0 Å². The predicted octanol–water partition coefficient (Wildman–Crippen LogP) is 2.57. The van der Waals surface area contributed by atoms with Crippen LogP contribution in [0, 0.1) is 0 Å². The summed E-state index contributed by atoms with van der Waals surface area (Å²) in [4.78, 5) is 10.8. The van der Waals surface area contributed by atoms with Crippen molar-refractivity contribution in [1.29, 1.82) is 0 Å². The van der Waals surface area contributed by atoms with Crippen LogP contribution in [0.5, 0.6) is 5.75 Å². The van der Waals surface area contributed by atoms with E-state index in [9.17, 15) is 23.1 Å². The van der Waals surface area contributed by atoms with Gasteiger partial charge in [0.2, 0.25) is 5.91 Å². The van der Waals surface area contributed by atoms with Gasteiger partial charge in [-0.1, -0.05) is 24.6 Å². The van der Waals surface area contributed by atoms with E-state index >= 15 is 0 Å². The molecule has 1 unspecified atom stereocenters. The van der Waals surface area contributed by atoms with Gasteiger partial charge in [-0.15, -0.1) is 13.2 Å². The summed E-state index contributed by atoms with van der Waals surface area (Å²) in [5.41, 5.74) is 2.00. The van der Waals surface area contributed by atoms with Crippen molar-refractivity contribution < 1.29 is 33.0 Å². The number of carbonyl (C=O) groups is 1. The van der Waals surface area contributed by atoms with E-state index in [1.807, 2.05) is 0 Å². The van der Waals surface area contributed by atoms with Gasteiger partial charge in [-0.25, -0.2) is 5.48 Å². The summed E-state index contributed by atoms with van der Waals surface area (Å²) >= 11 is 0. The van der Waals surface area contributed by atoms with Gasteiger partial charge in [0.1, 0.15) is 12.0 Å². The first-order valence-electron chi connectivity index (χ1n) is 7.68. The molecule has 9 heteroatoms. The molecule has 0 heterocycles. The van der Waals surface area contributed by atoms with Crippen molar-refractivity contribution >= 4 is 12.0 Å². The fourth-order valence-electron chi connectivity index (χ4n) is 1.98. The fourth-order valence-corrected chi connectivity index (χ4v) is 1.98. The Bertz CT molecular complexity index is 565. The van der Waals surface area contributed by atoms with Crippen molar-refractivity contribution in [2.75, 3.05) is 6.54 Å². The number of nitrogens with one attached hydrogen (secondary N) is 2. The van der Waals surface area contributed by atoms with E-state index in [1.54, 1.807) is 11.5 Å². The maximum atomic E-state index is 12.2. The van der Waals surface area contributed by atoms with Crippen LogP contribution in [0.15, 0.2) is 30.3 Å². The standard InChI is InChI=1S/C16H21F3N2O4/c17-16(18,19)25-13-6-4-5-12(11-13)8-9-14(22)20-10-3-1-2-7-15(23)21-24/h4-6,8-9,11,14,20,22,24H,1-3,7,10H2,(H,21,23)/b9-8+. The van der Waals surface area contributed by atoms with Crippen LogP contribution in [0.2, 0.25) is 0 Å². The molecule has 1 atom stereocenters. The summed E-state index contributed by atoms with van der Waals surface area (Å²) in [6.45, 7) is 0.503. The Morgan fingerprint density at radius 2 is 2.04 bits per heavy atom. The summed E-state index contributed by atoms with van der Waals surface area (Å²) in [6, 6.07) is 5.40. The molecule has 25 heavy (non-hydrogen) atoms. The van der Waals surface area contributed by atoms with E-state index in [0.717, 1.165) is 12.8 Å². The number of amides is 1. The first-order chi connectivity index (χ1) is 11.8. The molecule has 0 aromatic heterocycles. The topological polar surface area (TPSA) is 90.8 Å². The van der Waals surface area contributed by atoms with E-state index in [4.69, 9.17) is 5.21 Å². The highest BCUT2D eigenvalue weighted by Crippen LogP contribution is 2.23. The minimum absolute atomic E-state index is 0.231. The lowest BCUT2D eigenvalue weighted by molar-refractivity contribution is -0.274. The summed E-state index contributed by atoms with van der Waals surface area (Å²) < 4.78 is 40.3. The van der Waals surface area contributed by atoms with Crippen LogP contribution in [0.4, 0.5) is 13.2 Å². The van der Waals surface area contributed by atoms with Gasteiger partial charge in [0.05, 0.1) is 0 Å². The van der Waals surface area contributed by atoms with E-state index in [-0.39, 0.29) is 12.2 Å². The number of ether oxygens (including phenoxy) is 1. The average Bonchev–Trinajstić information content (AvgIpc) is 2.54. The lowest BCUT2D eigenvalue weighted by Crippen LogP contribution is -2.27. The Morgan fingerprint density at radius 1 is 1.28 bits per heavy atom. The zero-order valence-corrected chi connectivity index (χ0v) is 13.4. The summed E-state index contributed by atoms with van der Waals surface area (Å²) in [6.07, 6.45) is -0.499. The number of hydroxylamine groups is 1. The number of aliphatic hydroxyl groups excluding tert-OH is 1. The lowest BCUT2D eigenvalue weighted by Gasteiger charge is -2.10. The average molecular weight is 362 g/mol. The maximum absolute atomic E-state index is 12.2. The summed E-state index contributed by atoms with van der Waals surface area (Å²) in [5, 5.41) is 20.9. The molecule has 0 saturated heterocycles. The number of aliphatic hydroxyl groups is 1. The molecule has 1 aromatic carbocycles. The van der Waals surface area contributed by atoms with E-state index in [1.165, 1.54) is 30.4 Å². The molecule has 1 amide bonds. The third-order valence-electron chi connectivity index (χ3n) is 3.12. The third kappa shape index (κ3) is 10.4. The molecule has 0 aliphatic heterocycles. The van der Waals surface area contributed by atoms with Crippen LogP contribution in [0.3, 0.4) is 0 Å². The zero-order chi connectivity index (χ0) is 18.7. The Kier molecular flexibility index (Phi) is 8.96. The Hall–Kier alpha value is -2.10. The number of benzene rings is 1. The Balaban J connectivity index is 2.31. The molecule has 1 aromatic rings. The van der Waals surface area contributed by atoms with Gasteiger partial charge in [0.25, 0.3) is 0 Å². The highest BCUT2D eigenvalue weighted by atomic mass is 19.4. The second kappa shape index (κ2) is 10.7. The van der Waals surface area contributed by atoms with Crippen molar-refractivity contribution in [2.24, 2.45) is 0 Å². The summed E-state index contributed by atoms with van der Waals surface area (Å²) in [7, 11) is 0. The van der Waals surface area contributed by atoms with Gasteiger partial charge in [0.15, 0.2) is 0 Å². The van der Waals surface area contributed by atoms with Crippen LogP contribution < -0.4 is 15.5 Å². The number of carbonyl (C=O) groups excluding carboxylic acids is 1. The molecule has 0 aliphatic rings. The smallest absolute Gasteiger partial charge is 0.406 e. The van der Waals surface area contributed by atoms with E-state index < -0.39 is 18.5 Å². The Labute approximate surface area is 143 Å². The van der Waals surface area contributed by atoms with Crippen LogP contribution in [-0.2, 0) is 4.79 Å². The highest BCUT2D eigenvalue weighted by molar-refractivity contribution is 5.74. The van der Waals surface area contributed by atoms with Crippen molar-refractivity contribution in [2.45, 2.75) is 38.3 Å². The van der Waals surface area contributed by atoms with Crippen LogP contribution in [0.25, 0.3) is 6.08 Å². The molecule has 1 rings (SSSR count). The number of hydrogen-bond donors (Lipinski definition) is 4. The quantitative estimate of drug-likeness (QED) is 0.222. The predicted molar refractivity (Wildman–Crippen MR) is 84.6 cm³/mol. The van der Waals surface area contributed by atoms with Crippen LogP contribution >= 0.6 is 0 Å². The fraction of sp³-hybridized carbons (Fsp3) is 0.438. The molecule has 0 bridgehead atoms. The van der Waals surface area contributed by atoms with E-state index in [0.29, 0.717) is 18.5 Å². The first-order valence-corrected chi connectivity index (χ1v) is 7.68. The Morgan fingerprint density at radius 3 is 2.72 bits per heavy atom. The van der Waals surface area contributed by atoms with Gasteiger partial charge >= 0.3 is 6.36 Å². The van der Waals surface area contributed by atoms with Crippen molar-refractivity contribution in [3.05, 3.63) is 35.9 Å². The lowest BCUT2D eigenvalue weighted by atomic mass is 10.2. The van der Waals surface area contributed by atoms with Crippen LogP contribution in [0.1, 0.15) is 31.2 Å². The van der Waals surface area contributed by atoms with Gasteiger partial charge in [-0.3, -0.25) is 15.3 Å². The number of unbranched alkanes of at least 4 members (excludes halogenated alkanes) is 2. The number of hydrogen-bond acceptors (Lipinski definition) is 5. The monoisotopic (exact) mass is 362 g/mol. The molecule has 0 radical (unpaired) electrons. The number of halogens is 3. The highest BCUT2D eigenvalue weighted by Gasteiger charge is 2.30. The minimum atomic E-state index is -4.75. The molecule has 0 saturated carbocycles. The molecule has 6 nitrogen and oxygen atoms in total. The van der Waals surface area contributed by atoms with Gasteiger partial charge in [-0.05, 0) is 43.2 Å². The molecular formula is C16H21F3N2O4. The van der Waals surface area contributed by atoms with E-state index in [2.05, 4.69) is 10.1 Å². The number of alkyl halides is 3. The molecule has 0 fully saturated rings. The zero-order valence-electron chi connectivity index (χ0n) is 13.4. The number of rotatable bonds is 10. The van der Waals surface area contributed by atoms with Crippen molar-refractivity contribution in [3.63, 3.8) is 0 Å². The second-order valence-corrected chi connectivity index (χ2v) is 5.22. The maximum Gasteiger partial charge on any atom is 0.573 e. The largest absolute Gasteiger partial charge is 0.573 e. The molecular weight excluding hydrogens is 341 g/mol. The normalized spacial score (nSPS) is 13.0. The van der Waals surface area contributed by atoms with Gasteiger partial charge in [0, 0.05) is 6.42 Å². The van der Waals surface area contributed by atoms with Crippen molar-refractivity contribution in [1.82, 2.24) is 10.8 Å². The third-order valence-corrected chi connectivity index (χ3v) is 3.12.